The molecular formula is C17H18N2O12. The predicted molar refractivity (Wildman–Crippen MR) is 96.8 cm³/mol. The summed E-state index contributed by atoms with van der Waals surface area (Å²) in [5, 5.41) is 22.1. The van der Waals surface area contributed by atoms with Crippen molar-refractivity contribution < 1.29 is 47.9 Å². The molecular weight excluding hydrogens is 424 g/mol. The van der Waals surface area contributed by atoms with Gasteiger partial charge >= 0.3 is 29.3 Å². The molecule has 4 atom stereocenters. The van der Waals surface area contributed by atoms with E-state index in [-0.39, 0.29) is 12.4 Å². The molecule has 0 saturated carbocycles. The van der Waals surface area contributed by atoms with E-state index in [2.05, 4.69) is 0 Å². The second-order valence-electron chi connectivity index (χ2n) is 6.28. The predicted octanol–water partition coefficient (Wildman–Crippen LogP) is 1.03. The Balaban J connectivity index is 2.37. The molecule has 0 spiro atoms. The Morgan fingerprint density at radius 2 is 1.45 bits per heavy atom. The van der Waals surface area contributed by atoms with Crippen LogP contribution in [0.5, 0.6) is 5.75 Å². The fraction of sp³-hybridized carbons (Fsp3) is 0.471. The van der Waals surface area contributed by atoms with Gasteiger partial charge in [-0.15, -0.1) is 0 Å². The van der Waals surface area contributed by atoms with Gasteiger partial charge < -0.3 is 23.7 Å². The maximum Gasteiger partial charge on any atom is 0.349 e. The van der Waals surface area contributed by atoms with Crippen LogP contribution in [0.3, 0.4) is 0 Å². The second kappa shape index (κ2) is 9.80. The minimum atomic E-state index is -1.44. The van der Waals surface area contributed by atoms with Gasteiger partial charge in [0, 0.05) is 26.8 Å². The molecule has 14 nitrogen and oxygen atoms in total. The molecule has 1 saturated heterocycles. The Kier molecular flexibility index (Phi) is 7.42. The van der Waals surface area contributed by atoms with Crippen molar-refractivity contribution in [3.8, 4) is 5.75 Å². The molecule has 0 aliphatic carbocycles. The highest BCUT2D eigenvalue weighted by Crippen LogP contribution is 2.33. The molecule has 1 heterocycles. The standard InChI is InChI=1S/C17H18N2O12/c1-8(20)28-14-7-27-17(16(30-10(3)22)15(14)29-9(2)21)31-11-4-5-12(18(23)24)13(6-11)19(25)26/h4-6,14-17H,7H2,1-3H3/t14-,15-,16-,17+/m1/s1. The summed E-state index contributed by atoms with van der Waals surface area (Å²) in [5.74, 6) is -2.51. The van der Waals surface area contributed by atoms with Gasteiger partial charge in [-0.25, -0.2) is 0 Å². The van der Waals surface area contributed by atoms with Crippen LogP contribution in [-0.4, -0.2) is 59.0 Å². The molecule has 1 fully saturated rings. The molecule has 0 N–H and O–H groups in total. The number of hydrogen-bond donors (Lipinski definition) is 0. The number of nitrogens with zero attached hydrogens (tertiary/aromatic N) is 2. The quantitative estimate of drug-likeness (QED) is 0.253. The summed E-state index contributed by atoms with van der Waals surface area (Å²) in [7, 11) is 0. The lowest BCUT2D eigenvalue weighted by Crippen LogP contribution is -2.59. The van der Waals surface area contributed by atoms with Crippen LogP contribution in [-0.2, 0) is 33.3 Å². The minimum Gasteiger partial charge on any atom is -0.460 e. The molecule has 31 heavy (non-hydrogen) atoms. The van der Waals surface area contributed by atoms with Gasteiger partial charge in [0.25, 0.3) is 0 Å². The number of nitro groups is 2. The molecule has 0 bridgehead atoms. The van der Waals surface area contributed by atoms with Crippen molar-refractivity contribution in [1.82, 2.24) is 0 Å². The lowest BCUT2D eigenvalue weighted by Gasteiger charge is -2.40. The molecule has 1 aliphatic rings. The zero-order valence-corrected chi connectivity index (χ0v) is 16.5. The van der Waals surface area contributed by atoms with Gasteiger partial charge in [0.05, 0.1) is 22.5 Å². The van der Waals surface area contributed by atoms with E-state index in [1.54, 1.807) is 0 Å². The first-order valence-electron chi connectivity index (χ1n) is 8.72. The van der Waals surface area contributed by atoms with Gasteiger partial charge in [0.2, 0.25) is 12.4 Å². The van der Waals surface area contributed by atoms with E-state index in [0.717, 1.165) is 39.0 Å². The third kappa shape index (κ3) is 6.08. The molecule has 14 heteroatoms. The maximum absolute atomic E-state index is 11.6. The smallest absolute Gasteiger partial charge is 0.349 e. The van der Waals surface area contributed by atoms with E-state index in [0.29, 0.717) is 0 Å². The van der Waals surface area contributed by atoms with Crippen molar-refractivity contribution in [2.75, 3.05) is 6.61 Å². The summed E-state index contributed by atoms with van der Waals surface area (Å²) in [4.78, 5) is 54.7. The molecule has 0 amide bonds. The normalized spacial score (nSPS) is 22.7. The van der Waals surface area contributed by atoms with Gasteiger partial charge in [-0.3, -0.25) is 34.6 Å². The fourth-order valence-corrected chi connectivity index (χ4v) is 2.82. The number of esters is 3. The van der Waals surface area contributed by atoms with Crippen molar-refractivity contribution in [3.63, 3.8) is 0 Å². The first kappa shape index (κ1) is 23.5. The van der Waals surface area contributed by atoms with Crippen LogP contribution in [0.1, 0.15) is 20.8 Å². The number of carbonyl (C=O) groups excluding carboxylic acids is 3. The highest BCUT2D eigenvalue weighted by Gasteiger charge is 2.48. The third-order valence-electron chi connectivity index (χ3n) is 3.90. The largest absolute Gasteiger partial charge is 0.460 e. The number of ether oxygens (including phenoxy) is 5. The van der Waals surface area contributed by atoms with Gasteiger partial charge in [0.1, 0.15) is 5.75 Å². The first-order chi connectivity index (χ1) is 14.5. The zero-order chi connectivity index (χ0) is 23.3. The minimum absolute atomic E-state index is 0.216. The van der Waals surface area contributed by atoms with Crippen LogP contribution < -0.4 is 4.74 Å². The van der Waals surface area contributed by atoms with Crippen LogP contribution >= 0.6 is 0 Å². The number of benzene rings is 1. The van der Waals surface area contributed by atoms with Crippen LogP contribution in [0.25, 0.3) is 0 Å². The van der Waals surface area contributed by atoms with Gasteiger partial charge in [0.15, 0.2) is 12.2 Å². The Morgan fingerprint density at radius 3 is 1.97 bits per heavy atom. The molecule has 1 aliphatic heterocycles. The van der Waals surface area contributed by atoms with E-state index >= 15 is 0 Å². The van der Waals surface area contributed by atoms with Crippen LogP contribution in [0.15, 0.2) is 18.2 Å². The highest BCUT2D eigenvalue weighted by molar-refractivity contribution is 5.68. The van der Waals surface area contributed by atoms with Crippen molar-refractivity contribution in [3.05, 3.63) is 38.4 Å². The van der Waals surface area contributed by atoms with Crippen molar-refractivity contribution in [2.45, 2.75) is 45.4 Å². The van der Waals surface area contributed by atoms with Crippen molar-refractivity contribution in [2.24, 2.45) is 0 Å². The summed E-state index contributed by atoms with van der Waals surface area (Å²) in [6.45, 7) is 2.94. The summed E-state index contributed by atoms with van der Waals surface area (Å²) in [6, 6.07) is 2.74. The maximum atomic E-state index is 11.6. The molecule has 0 aromatic heterocycles. The topological polar surface area (TPSA) is 184 Å². The van der Waals surface area contributed by atoms with Crippen LogP contribution in [0.4, 0.5) is 11.4 Å². The SMILES string of the molecule is CC(=O)O[C@H]1[C@H](Oc2ccc([N+](=O)[O-])c([N+](=O)[O-])c2)OC[C@@H](OC(C)=O)[C@H]1OC(C)=O. The Morgan fingerprint density at radius 1 is 0.903 bits per heavy atom. The monoisotopic (exact) mass is 442 g/mol. The lowest BCUT2D eigenvalue weighted by atomic mass is 10.0. The van der Waals surface area contributed by atoms with Gasteiger partial charge in [-0.1, -0.05) is 0 Å². The third-order valence-corrected chi connectivity index (χ3v) is 3.90. The molecule has 2 rings (SSSR count). The van der Waals surface area contributed by atoms with E-state index in [1.807, 2.05) is 0 Å². The first-order valence-corrected chi connectivity index (χ1v) is 8.72. The summed E-state index contributed by atoms with van der Waals surface area (Å²) in [6.07, 6.45) is -5.30. The van der Waals surface area contributed by atoms with E-state index < -0.39 is 63.7 Å². The highest BCUT2D eigenvalue weighted by atomic mass is 16.7. The van der Waals surface area contributed by atoms with E-state index in [1.165, 1.54) is 0 Å². The number of hydrogen-bond acceptors (Lipinski definition) is 12. The summed E-state index contributed by atoms with van der Waals surface area (Å²) < 4.78 is 26.3. The van der Waals surface area contributed by atoms with Crippen molar-refractivity contribution >= 4 is 29.3 Å². The molecule has 168 valence electrons. The van der Waals surface area contributed by atoms with Gasteiger partial charge in [-0.05, 0) is 6.07 Å². The second-order valence-corrected chi connectivity index (χ2v) is 6.28. The number of carbonyl (C=O) groups is 3. The average Bonchev–Trinajstić information content (AvgIpc) is 2.65. The average molecular weight is 442 g/mol. The Labute approximate surface area is 174 Å². The van der Waals surface area contributed by atoms with Crippen LogP contribution in [0, 0.1) is 20.2 Å². The molecule has 1 aromatic carbocycles. The molecule has 0 unspecified atom stereocenters. The fourth-order valence-electron chi connectivity index (χ4n) is 2.82. The number of nitro benzene ring substituents is 2. The lowest BCUT2D eigenvalue weighted by molar-refractivity contribution is -0.422. The van der Waals surface area contributed by atoms with E-state index in [9.17, 15) is 34.6 Å². The Bertz CT molecular complexity index is 901. The van der Waals surface area contributed by atoms with E-state index in [4.69, 9.17) is 23.7 Å². The molecule has 0 radical (unpaired) electrons. The van der Waals surface area contributed by atoms with Crippen molar-refractivity contribution in [1.29, 1.82) is 0 Å². The molecule has 1 aromatic rings. The Hall–Kier alpha value is -3.81. The zero-order valence-electron chi connectivity index (χ0n) is 16.5. The van der Waals surface area contributed by atoms with Gasteiger partial charge in [-0.2, -0.15) is 0 Å². The summed E-state index contributed by atoms with van der Waals surface area (Å²) in [5.41, 5.74) is -1.59. The van der Waals surface area contributed by atoms with Crippen LogP contribution in [0.2, 0.25) is 0 Å². The summed E-state index contributed by atoms with van der Waals surface area (Å²) >= 11 is 0. The number of rotatable bonds is 7.